The highest BCUT2D eigenvalue weighted by atomic mass is 16.5. The molecule has 1 aromatic carbocycles. The van der Waals surface area contributed by atoms with Crippen molar-refractivity contribution < 1.29 is 14.3 Å². The molecule has 0 saturated carbocycles. The lowest BCUT2D eigenvalue weighted by molar-refractivity contribution is -0.130. The Bertz CT molecular complexity index is 511. The van der Waals surface area contributed by atoms with Crippen molar-refractivity contribution in [3.8, 4) is 0 Å². The third kappa shape index (κ3) is 3.75. The lowest BCUT2D eigenvalue weighted by atomic mass is 9.72. The van der Waals surface area contributed by atoms with Gasteiger partial charge in [0.2, 0.25) is 5.91 Å². The first-order chi connectivity index (χ1) is 11.2. The lowest BCUT2D eigenvalue weighted by Gasteiger charge is -2.37. The molecule has 23 heavy (non-hydrogen) atoms. The average molecular weight is 317 g/mol. The molecule has 2 aliphatic heterocycles. The number of likely N-dealkylation sites (tertiary alicyclic amines) is 1. The number of carbonyl (C=O) groups excluding carboxylic acids is 1. The molecule has 0 bridgehead atoms. The van der Waals surface area contributed by atoms with Crippen LogP contribution in [0.25, 0.3) is 0 Å². The van der Waals surface area contributed by atoms with E-state index in [4.69, 9.17) is 9.47 Å². The van der Waals surface area contributed by atoms with Crippen LogP contribution in [0.3, 0.4) is 0 Å². The van der Waals surface area contributed by atoms with Crippen LogP contribution in [0.5, 0.6) is 0 Å². The van der Waals surface area contributed by atoms with Gasteiger partial charge in [-0.1, -0.05) is 30.3 Å². The highest BCUT2D eigenvalue weighted by Crippen LogP contribution is 2.44. The van der Waals surface area contributed by atoms with Gasteiger partial charge >= 0.3 is 0 Å². The van der Waals surface area contributed by atoms with E-state index in [1.165, 1.54) is 5.56 Å². The first kappa shape index (κ1) is 16.5. The summed E-state index contributed by atoms with van der Waals surface area (Å²) in [5.74, 6) is 0.718. The van der Waals surface area contributed by atoms with E-state index in [1.54, 1.807) is 7.11 Å². The fraction of sp³-hybridized carbons (Fsp3) is 0.632. The van der Waals surface area contributed by atoms with Crippen LogP contribution >= 0.6 is 0 Å². The van der Waals surface area contributed by atoms with Crippen molar-refractivity contribution in [3.05, 3.63) is 35.9 Å². The Hall–Kier alpha value is -1.39. The Morgan fingerprint density at radius 1 is 1.30 bits per heavy atom. The number of hydrogen-bond donors (Lipinski definition) is 0. The van der Waals surface area contributed by atoms with Gasteiger partial charge in [-0.2, -0.15) is 0 Å². The molecule has 2 saturated heterocycles. The quantitative estimate of drug-likeness (QED) is 0.837. The summed E-state index contributed by atoms with van der Waals surface area (Å²) in [5, 5.41) is 0. The number of rotatable bonds is 5. The molecule has 0 radical (unpaired) electrons. The topological polar surface area (TPSA) is 38.8 Å². The van der Waals surface area contributed by atoms with Crippen LogP contribution in [0.4, 0.5) is 0 Å². The van der Waals surface area contributed by atoms with Gasteiger partial charge in [-0.3, -0.25) is 4.79 Å². The minimum atomic E-state index is 0.205. The van der Waals surface area contributed by atoms with Crippen molar-refractivity contribution in [1.29, 1.82) is 0 Å². The van der Waals surface area contributed by atoms with Crippen LogP contribution in [0.2, 0.25) is 0 Å². The largest absolute Gasteiger partial charge is 0.384 e. The number of hydrogen-bond acceptors (Lipinski definition) is 3. The SMILES string of the molecule is COCC1CN(C(=O)CCc2ccccc2)CC12CCOCC2. The van der Waals surface area contributed by atoms with Crippen LogP contribution in [0, 0.1) is 11.3 Å². The van der Waals surface area contributed by atoms with Crippen LogP contribution in [-0.4, -0.2) is 50.8 Å². The van der Waals surface area contributed by atoms with E-state index in [-0.39, 0.29) is 11.3 Å². The predicted molar refractivity (Wildman–Crippen MR) is 89.2 cm³/mol. The zero-order chi connectivity index (χ0) is 16.1. The minimum Gasteiger partial charge on any atom is -0.384 e. The number of aryl methyl sites for hydroxylation is 1. The van der Waals surface area contributed by atoms with Crippen molar-refractivity contribution in [2.24, 2.45) is 11.3 Å². The Morgan fingerprint density at radius 3 is 2.74 bits per heavy atom. The van der Waals surface area contributed by atoms with Crippen LogP contribution in [0.15, 0.2) is 30.3 Å². The number of nitrogens with zero attached hydrogens (tertiary/aromatic N) is 1. The van der Waals surface area contributed by atoms with E-state index in [9.17, 15) is 4.79 Å². The van der Waals surface area contributed by atoms with E-state index < -0.39 is 0 Å². The van der Waals surface area contributed by atoms with Crippen molar-refractivity contribution in [2.45, 2.75) is 25.7 Å². The summed E-state index contributed by atoms with van der Waals surface area (Å²) in [5.41, 5.74) is 1.44. The monoisotopic (exact) mass is 317 g/mol. The van der Waals surface area contributed by atoms with Gasteiger partial charge in [0.05, 0.1) is 6.61 Å². The molecule has 2 aliphatic rings. The molecule has 1 atom stereocenters. The Labute approximate surface area is 138 Å². The molecule has 1 spiro atoms. The summed E-state index contributed by atoms with van der Waals surface area (Å²) >= 11 is 0. The molecule has 1 unspecified atom stereocenters. The molecule has 3 rings (SSSR count). The average Bonchev–Trinajstić information content (AvgIpc) is 2.93. The van der Waals surface area contributed by atoms with Crippen molar-refractivity contribution in [1.82, 2.24) is 4.90 Å². The summed E-state index contributed by atoms with van der Waals surface area (Å²) in [6, 6.07) is 10.2. The van der Waals surface area contributed by atoms with Crippen molar-refractivity contribution in [3.63, 3.8) is 0 Å². The van der Waals surface area contributed by atoms with Crippen molar-refractivity contribution in [2.75, 3.05) is 40.0 Å². The number of carbonyl (C=O) groups is 1. The normalized spacial score (nSPS) is 23.3. The minimum absolute atomic E-state index is 0.205. The van der Waals surface area contributed by atoms with Gasteiger partial charge in [-0.05, 0) is 30.2 Å². The summed E-state index contributed by atoms with van der Waals surface area (Å²) in [6.07, 6.45) is 3.50. The Kier molecular flexibility index (Phi) is 5.34. The molecule has 2 heterocycles. The zero-order valence-electron chi connectivity index (χ0n) is 14.0. The first-order valence-corrected chi connectivity index (χ1v) is 8.62. The maximum absolute atomic E-state index is 12.6. The van der Waals surface area contributed by atoms with E-state index in [0.29, 0.717) is 12.3 Å². The maximum Gasteiger partial charge on any atom is 0.222 e. The highest BCUT2D eigenvalue weighted by molar-refractivity contribution is 5.77. The standard InChI is InChI=1S/C19H27NO3/c1-22-14-17-13-20(15-19(17)9-11-23-12-10-19)18(21)8-7-16-5-3-2-4-6-16/h2-6,17H,7-15H2,1H3. The van der Waals surface area contributed by atoms with Gasteiger partial charge in [-0.15, -0.1) is 0 Å². The van der Waals surface area contributed by atoms with E-state index in [2.05, 4.69) is 17.0 Å². The van der Waals surface area contributed by atoms with Gasteiger partial charge < -0.3 is 14.4 Å². The number of amides is 1. The molecule has 0 aromatic heterocycles. The van der Waals surface area contributed by atoms with Gasteiger partial charge in [0.15, 0.2) is 0 Å². The second-order valence-corrected chi connectivity index (χ2v) is 6.89. The fourth-order valence-corrected chi connectivity index (χ4v) is 4.05. The lowest BCUT2D eigenvalue weighted by Crippen LogP contribution is -2.39. The summed E-state index contributed by atoms with van der Waals surface area (Å²) in [7, 11) is 1.76. The molecule has 4 heteroatoms. The van der Waals surface area contributed by atoms with Crippen LogP contribution in [-0.2, 0) is 20.7 Å². The number of ether oxygens (including phenoxy) is 2. The Balaban J connectivity index is 1.60. The smallest absolute Gasteiger partial charge is 0.222 e. The predicted octanol–water partition coefficient (Wildman–Crippen LogP) is 2.52. The third-order valence-corrected chi connectivity index (χ3v) is 5.49. The highest BCUT2D eigenvalue weighted by Gasteiger charge is 2.48. The molecular formula is C19H27NO3. The second kappa shape index (κ2) is 7.45. The van der Waals surface area contributed by atoms with Crippen LogP contribution < -0.4 is 0 Å². The summed E-state index contributed by atoms with van der Waals surface area (Å²) < 4.78 is 11.0. The van der Waals surface area contributed by atoms with E-state index in [1.807, 2.05) is 18.2 Å². The molecule has 1 aromatic rings. The number of methoxy groups -OCH3 is 1. The first-order valence-electron chi connectivity index (χ1n) is 8.62. The molecule has 126 valence electrons. The van der Waals surface area contributed by atoms with Crippen molar-refractivity contribution >= 4 is 5.91 Å². The van der Waals surface area contributed by atoms with Crippen LogP contribution in [0.1, 0.15) is 24.8 Å². The number of benzene rings is 1. The van der Waals surface area contributed by atoms with E-state index >= 15 is 0 Å². The molecular weight excluding hydrogens is 290 g/mol. The molecule has 1 amide bonds. The molecule has 4 nitrogen and oxygen atoms in total. The second-order valence-electron chi connectivity index (χ2n) is 6.89. The molecule has 2 fully saturated rings. The summed E-state index contributed by atoms with van der Waals surface area (Å²) in [4.78, 5) is 14.7. The Morgan fingerprint density at radius 2 is 2.04 bits per heavy atom. The maximum atomic E-state index is 12.6. The fourth-order valence-electron chi connectivity index (χ4n) is 4.05. The van der Waals surface area contributed by atoms with Gasteiger partial charge in [0.1, 0.15) is 0 Å². The molecule has 0 N–H and O–H groups in total. The van der Waals surface area contributed by atoms with E-state index in [0.717, 1.165) is 52.2 Å². The zero-order valence-corrected chi connectivity index (χ0v) is 14.0. The third-order valence-electron chi connectivity index (χ3n) is 5.49. The van der Waals surface area contributed by atoms with Gasteiger partial charge in [-0.25, -0.2) is 0 Å². The van der Waals surface area contributed by atoms with Gasteiger partial charge in [0.25, 0.3) is 0 Å². The molecule has 0 aliphatic carbocycles. The van der Waals surface area contributed by atoms with Gasteiger partial charge in [0, 0.05) is 45.8 Å². The summed E-state index contributed by atoms with van der Waals surface area (Å²) in [6.45, 7) is 4.07.